The van der Waals surface area contributed by atoms with Gasteiger partial charge in [-0.1, -0.05) is 43.3 Å². The highest BCUT2D eigenvalue weighted by atomic mass is 32.2. The quantitative estimate of drug-likeness (QED) is 0.376. The Morgan fingerprint density at radius 2 is 1.81 bits per heavy atom. The molecule has 3 aromatic rings. The van der Waals surface area contributed by atoms with Gasteiger partial charge in [0.05, 0.1) is 5.25 Å². The van der Waals surface area contributed by atoms with Crippen LogP contribution in [0.25, 0.3) is 10.9 Å². The summed E-state index contributed by atoms with van der Waals surface area (Å²) < 4.78 is 39.9. The molecule has 3 N–H and O–H groups in total. The van der Waals surface area contributed by atoms with Crippen molar-refractivity contribution < 1.29 is 27.5 Å². The zero-order valence-corrected chi connectivity index (χ0v) is 21.2. The average molecular weight is 528 g/mol. The summed E-state index contributed by atoms with van der Waals surface area (Å²) in [4.78, 5) is 29.7. The number of rotatable bonds is 8. The Hall–Kier alpha value is -3.66. The lowest BCUT2D eigenvalue weighted by atomic mass is 9.93. The number of aromatic amines is 1. The molecule has 2 heterocycles. The second kappa shape index (κ2) is 10.8. The molecule has 8 nitrogen and oxygen atoms in total. The molecule has 3 atom stereocenters. The van der Waals surface area contributed by atoms with E-state index >= 15 is 0 Å². The molecule has 0 saturated carbocycles. The van der Waals surface area contributed by atoms with E-state index in [-0.39, 0.29) is 25.9 Å². The Bertz CT molecular complexity index is 1390. The van der Waals surface area contributed by atoms with E-state index in [1.165, 1.54) is 35.2 Å². The lowest BCUT2D eigenvalue weighted by molar-refractivity contribution is -0.139. The number of amides is 2. The maximum Gasteiger partial charge on any atom is 0.326 e. The topological polar surface area (TPSA) is 120 Å². The number of sulfone groups is 1. The van der Waals surface area contributed by atoms with Gasteiger partial charge in [-0.3, -0.25) is 0 Å². The van der Waals surface area contributed by atoms with E-state index in [1.54, 1.807) is 13.1 Å². The first-order valence-electron chi connectivity index (χ1n) is 12.1. The average Bonchev–Trinajstić information content (AvgIpc) is 3.32. The number of nitrogens with zero attached hydrogens (tertiary/aromatic N) is 1. The van der Waals surface area contributed by atoms with Crippen molar-refractivity contribution in [1.82, 2.24) is 15.2 Å². The number of carboxylic acid groups (broad SMARTS) is 1. The van der Waals surface area contributed by atoms with Gasteiger partial charge in [-0.2, -0.15) is 0 Å². The summed E-state index contributed by atoms with van der Waals surface area (Å²) in [5.74, 6) is -2.13. The summed E-state index contributed by atoms with van der Waals surface area (Å²) in [5.41, 5.74) is 2.10. The van der Waals surface area contributed by atoms with Gasteiger partial charge in [-0.15, -0.1) is 6.58 Å². The normalized spacial score (nSPS) is 17.2. The van der Waals surface area contributed by atoms with E-state index in [9.17, 15) is 27.5 Å². The molecule has 1 fully saturated rings. The van der Waals surface area contributed by atoms with Crippen molar-refractivity contribution in [3.05, 3.63) is 84.3 Å². The van der Waals surface area contributed by atoms with Gasteiger partial charge in [0.2, 0.25) is 0 Å². The molecule has 0 bridgehead atoms. The molecule has 1 aromatic heterocycles. The number of urea groups is 1. The summed E-state index contributed by atoms with van der Waals surface area (Å²) in [5, 5.41) is 11.7. The number of hydrogen-bond acceptors (Lipinski definition) is 4. The van der Waals surface area contributed by atoms with Crippen molar-refractivity contribution in [1.29, 1.82) is 0 Å². The van der Waals surface area contributed by atoms with Crippen molar-refractivity contribution in [2.45, 2.75) is 42.2 Å². The largest absolute Gasteiger partial charge is 0.480 e. The van der Waals surface area contributed by atoms with Crippen molar-refractivity contribution >= 4 is 32.7 Å². The lowest BCUT2D eigenvalue weighted by Gasteiger charge is -2.34. The predicted octanol–water partition coefficient (Wildman–Crippen LogP) is 4.38. The molecule has 0 spiro atoms. The molecule has 0 aliphatic carbocycles. The smallest absolute Gasteiger partial charge is 0.326 e. The molecule has 2 aromatic carbocycles. The lowest BCUT2D eigenvalue weighted by Crippen LogP contribution is -2.52. The van der Waals surface area contributed by atoms with Crippen LogP contribution >= 0.6 is 0 Å². The van der Waals surface area contributed by atoms with Crippen LogP contribution in [0.3, 0.4) is 0 Å². The molecule has 3 unspecified atom stereocenters. The van der Waals surface area contributed by atoms with Crippen molar-refractivity contribution in [3.63, 3.8) is 0 Å². The first kappa shape index (κ1) is 26.4. The summed E-state index contributed by atoms with van der Waals surface area (Å²) in [6.07, 6.45) is 3.50. The number of aliphatic carboxylic acids is 1. The third-order valence-electron chi connectivity index (χ3n) is 7.12. The summed E-state index contributed by atoms with van der Waals surface area (Å²) in [7, 11) is -3.69. The number of carbonyl (C=O) groups excluding carboxylic acids is 1. The first-order valence-corrected chi connectivity index (χ1v) is 13.7. The highest BCUT2D eigenvalue weighted by Crippen LogP contribution is 2.32. The van der Waals surface area contributed by atoms with Crippen LogP contribution < -0.4 is 5.32 Å². The van der Waals surface area contributed by atoms with Crippen LogP contribution in [0.2, 0.25) is 0 Å². The zero-order valence-electron chi connectivity index (χ0n) is 20.4. The summed E-state index contributed by atoms with van der Waals surface area (Å²) in [6.45, 7) is 5.74. The van der Waals surface area contributed by atoms with E-state index in [1.807, 2.05) is 24.3 Å². The highest BCUT2D eigenvalue weighted by Gasteiger charge is 2.38. The van der Waals surface area contributed by atoms with Gasteiger partial charge in [-0.05, 0) is 42.2 Å². The molecule has 37 heavy (non-hydrogen) atoms. The molecular weight excluding hydrogens is 497 g/mol. The van der Waals surface area contributed by atoms with Crippen molar-refractivity contribution in [2.24, 2.45) is 0 Å². The second-order valence-electron chi connectivity index (χ2n) is 9.33. The monoisotopic (exact) mass is 527 g/mol. The van der Waals surface area contributed by atoms with Crippen LogP contribution in [-0.4, -0.2) is 59.8 Å². The molecular formula is C27H30FN3O5S. The molecule has 196 valence electrons. The Morgan fingerprint density at radius 1 is 1.16 bits per heavy atom. The van der Waals surface area contributed by atoms with Crippen molar-refractivity contribution in [3.8, 4) is 0 Å². The van der Waals surface area contributed by atoms with Gasteiger partial charge < -0.3 is 20.3 Å². The van der Waals surface area contributed by atoms with Gasteiger partial charge >= 0.3 is 12.0 Å². The number of hydrogen-bond donors (Lipinski definition) is 3. The minimum Gasteiger partial charge on any atom is -0.480 e. The van der Waals surface area contributed by atoms with Crippen LogP contribution in [0.5, 0.6) is 0 Å². The molecule has 1 aliphatic rings. The number of H-pyrrole nitrogens is 1. The Kier molecular flexibility index (Phi) is 7.68. The fourth-order valence-corrected chi connectivity index (χ4v) is 7.07. The number of piperidine rings is 1. The number of carbonyl (C=O) groups is 2. The van der Waals surface area contributed by atoms with E-state index in [4.69, 9.17) is 0 Å². The SMILES string of the molecule is C=CC(c1ccc(F)cc1)S(=O)(=O)C1CCN(C(=O)NC(C(=O)O)C(C)c2c[nH]c3ccccc23)CC1. The third-order valence-corrected chi connectivity index (χ3v) is 9.69. The standard InChI is InChI=1S/C27H30FN3O5S/c1-3-24(18-8-10-19(28)11-9-18)37(35,36)20-12-14-31(15-13-20)27(34)30-25(26(32)33)17(2)22-16-29-23-7-5-4-6-21(22)23/h3-11,16-17,20,24-25,29H,1,12-15H2,2H3,(H,30,34)(H,32,33). The molecule has 10 heteroatoms. The van der Waals surface area contributed by atoms with E-state index in [0.717, 1.165) is 16.5 Å². The minimum atomic E-state index is -3.69. The maximum absolute atomic E-state index is 13.3. The number of nitrogens with one attached hydrogen (secondary N) is 2. The summed E-state index contributed by atoms with van der Waals surface area (Å²) >= 11 is 0. The van der Waals surface area contributed by atoms with Crippen LogP contribution in [0, 0.1) is 5.82 Å². The number of fused-ring (bicyclic) bond motifs is 1. The number of halogens is 1. The van der Waals surface area contributed by atoms with E-state index in [2.05, 4.69) is 16.9 Å². The molecule has 2 amide bonds. The second-order valence-corrected chi connectivity index (χ2v) is 11.7. The third kappa shape index (κ3) is 5.39. The predicted molar refractivity (Wildman–Crippen MR) is 140 cm³/mol. The van der Waals surface area contributed by atoms with Crippen LogP contribution in [0.4, 0.5) is 9.18 Å². The zero-order chi connectivity index (χ0) is 26.7. The Morgan fingerprint density at radius 3 is 2.43 bits per heavy atom. The molecule has 0 radical (unpaired) electrons. The van der Waals surface area contributed by atoms with E-state index in [0.29, 0.717) is 5.56 Å². The number of carboxylic acids is 1. The number of aromatic nitrogens is 1. The molecule has 4 rings (SSSR count). The van der Waals surface area contributed by atoms with E-state index < -0.39 is 50.1 Å². The van der Waals surface area contributed by atoms with Gasteiger partial charge in [0.15, 0.2) is 9.84 Å². The van der Waals surface area contributed by atoms with Crippen molar-refractivity contribution in [2.75, 3.05) is 13.1 Å². The van der Waals surface area contributed by atoms with Gasteiger partial charge in [0, 0.05) is 36.1 Å². The molecule has 1 aliphatic heterocycles. The minimum absolute atomic E-state index is 0.164. The van der Waals surface area contributed by atoms with Gasteiger partial charge in [0.1, 0.15) is 17.1 Å². The highest BCUT2D eigenvalue weighted by molar-refractivity contribution is 7.92. The van der Waals surface area contributed by atoms with Gasteiger partial charge in [0.25, 0.3) is 0 Å². The number of para-hydroxylation sites is 1. The number of likely N-dealkylation sites (tertiary alicyclic amines) is 1. The van der Waals surface area contributed by atoms with Crippen LogP contribution in [-0.2, 0) is 14.6 Å². The Labute approximate surface area is 215 Å². The maximum atomic E-state index is 13.3. The fraction of sp³-hybridized carbons (Fsp3) is 0.333. The van der Waals surface area contributed by atoms with Crippen LogP contribution in [0.1, 0.15) is 42.1 Å². The number of benzene rings is 2. The fourth-order valence-electron chi connectivity index (χ4n) is 4.98. The summed E-state index contributed by atoms with van der Waals surface area (Å²) in [6, 6.07) is 11.1. The van der Waals surface area contributed by atoms with Crippen LogP contribution in [0.15, 0.2) is 67.4 Å². The first-order chi connectivity index (χ1) is 17.6. The molecule has 1 saturated heterocycles. The van der Waals surface area contributed by atoms with Gasteiger partial charge in [-0.25, -0.2) is 22.4 Å². The Balaban J connectivity index is 1.42.